The van der Waals surface area contributed by atoms with Crippen LogP contribution in [0.1, 0.15) is 34.3 Å². The van der Waals surface area contributed by atoms with Crippen molar-refractivity contribution in [2.75, 3.05) is 19.7 Å². The number of aryl methyl sites for hydroxylation is 1. The molecule has 2 aliphatic rings. The lowest BCUT2D eigenvalue weighted by Gasteiger charge is -2.44. The summed E-state index contributed by atoms with van der Waals surface area (Å²) in [4.78, 5) is 41.0. The van der Waals surface area contributed by atoms with Gasteiger partial charge in [-0.15, -0.1) is 0 Å². The molecule has 4 rings (SSSR count). The summed E-state index contributed by atoms with van der Waals surface area (Å²) in [6.07, 6.45) is 1.09. The summed E-state index contributed by atoms with van der Waals surface area (Å²) in [5.41, 5.74) is 1.40. The van der Waals surface area contributed by atoms with E-state index in [4.69, 9.17) is 4.74 Å². The van der Waals surface area contributed by atoms with Crippen LogP contribution in [0, 0.1) is 6.92 Å². The quantitative estimate of drug-likeness (QED) is 0.818. The Bertz CT molecular complexity index is 965. The summed E-state index contributed by atoms with van der Waals surface area (Å²) in [6.45, 7) is 2.70. The van der Waals surface area contributed by atoms with Crippen molar-refractivity contribution in [3.63, 3.8) is 0 Å². The van der Waals surface area contributed by atoms with E-state index in [2.05, 4.69) is 0 Å². The number of carboxylic acid groups (broad SMARTS) is 1. The smallest absolute Gasteiger partial charge is 0.328 e. The zero-order chi connectivity index (χ0) is 22.0. The zero-order valence-corrected chi connectivity index (χ0v) is 17.5. The normalized spacial score (nSPS) is 20.1. The largest absolute Gasteiger partial charge is 0.480 e. The summed E-state index contributed by atoms with van der Waals surface area (Å²) in [5, 5.41) is 9.70. The summed E-state index contributed by atoms with van der Waals surface area (Å²) < 4.78 is 5.97. The molecule has 1 unspecified atom stereocenters. The number of nitrogens with zero attached hydrogens (tertiary/aromatic N) is 2. The van der Waals surface area contributed by atoms with E-state index in [1.807, 2.05) is 49.4 Å². The maximum atomic E-state index is 13.3. The van der Waals surface area contributed by atoms with Crippen molar-refractivity contribution in [2.24, 2.45) is 0 Å². The number of hydrogen-bond donors (Lipinski definition) is 1. The van der Waals surface area contributed by atoms with Crippen molar-refractivity contribution >= 4 is 17.8 Å². The van der Waals surface area contributed by atoms with E-state index in [-0.39, 0.29) is 18.4 Å². The number of likely N-dealkylation sites (tertiary alicyclic amines) is 1. The van der Waals surface area contributed by atoms with Gasteiger partial charge in [-0.3, -0.25) is 14.5 Å². The molecule has 2 amide bonds. The molecule has 1 spiro atoms. The third-order valence-electron chi connectivity index (χ3n) is 6.16. The van der Waals surface area contributed by atoms with Crippen LogP contribution in [-0.4, -0.2) is 64.2 Å². The molecule has 7 nitrogen and oxygen atoms in total. The van der Waals surface area contributed by atoms with Gasteiger partial charge in [-0.05, 0) is 24.6 Å². The molecule has 0 radical (unpaired) electrons. The van der Waals surface area contributed by atoms with Gasteiger partial charge >= 0.3 is 5.97 Å². The van der Waals surface area contributed by atoms with Gasteiger partial charge in [-0.2, -0.15) is 0 Å². The standard InChI is InChI=1S/C24H26N2O5/c1-17-7-9-19(10-8-17)22(28)26-20(23(29)30)16-31-24(26)11-13-25(14-12-24)21(27)15-18-5-3-2-4-6-18/h2-10,20H,11-16H2,1H3,(H,29,30). The highest BCUT2D eigenvalue weighted by molar-refractivity contribution is 5.97. The van der Waals surface area contributed by atoms with Crippen LogP contribution in [0.15, 0.2) is 54.6 Å². The monoisotopic (exact) mass is 422 g/mol. The molecule has 2 aromatic carbocycles. The molecular formula is C24H26N2O5. The molecule has 31 heavy (non-hydrogen) atoms. The lowest BCUT2D eigenvalue weighted by Crippen LogP contribution is -2.58. The van der Waals surface area contributed by atoms with Crippen molar-refractivity contribution in [1.29, 1.82) is 0 Å². The first-order valence-electron chi connectivity index (χ1n) is 10.5. The maximum absolute atomic E-state index is 13.3. The SMILES string of the molecule is Cc1ccc(C(=O)N2C(C(=O)O)COC23CCN(C(=O)Cc2ccccc2)CC3)cc1. The number of benzene rings is 2. The Kier molecular flexibility index (Phi) is 5.78. The van der Waals surface area contributed by atoms with Crippen LogP contribution in [-0.2, 0) is 20.7 Å². The fourth-order valence-corrected chi connectivity index (χ4v) is 4.38. The van der Waals surface area contributed by atoms with E-state index in [1.165, 1.54) is 4.90 Å². The second-order valence-corrected chi connectivity index (χ2v) is 8.20. The summed E-state index contributed by atoms with van der Waals surface area (Å²) in [7, 11) is 0. The van der Waals surface area contributed by atoms with E-state index in [0.717, 1.165) is 11.1 Å². The highest BCUT2D eigenvalue weighted by atomic mass is 16.5. The van der Waals surface area contributed by atoms with Gasteiger partial charge in [-0.1, -0.05) is 48.0 Å². The molecule has 0 aromatic heterocycles. The topological polar surface area (TPSA) is 87.2 Å². The fraction of sp³-hybridized carbons (Fsp3) is 0.375. The lowest BCUT2D eigenvalue weighted by atomic mass is 9.96. The van der Waals surface area contributed by atoms with Gasteiger partial charge in [0.25, 0.3) is 5.91 Å². The number of carboxylic acids is 1. The molecule has 1 N–H and O–H groups in total. The Morgan fingerprint density at radius 3 is 2.29 bits per heavy atom. The van der Waals surface area contributed by atoms with Gasteiger partial charge in [0.15, 0.2) is 6.04 Å². The van der Waals surface area contributed by atoms with Crippen LogP contribution in [0.25, 0.3) is 0 Å². The van der Waals surface area contributed by atoms with E-state index in [1.54, 1.807) is 17.0 Å². The van der Waals surface area contributed by atoms with Crippen LogP contribution in [0.2, 0.25) is 0 Å². The first-order chi connectivity index (χ1) is 14.9. The summed E-state index contributed by atoms with van der Waals surface area (Å²) >= 11 is 0. The molecular weight excluding hydrogens is 396 g/mol. The van der Waals surface area contributed by atoms with Crippen LogP contribution >= 0.6 is 0 Å². The van der Waals surface area contributed by atoms with E-state index in [9.17, 15) is 19.5 Å². The van der Waals surface area contributed by atoms with Gasteiger partial charge in [0.1, 0.15) is 5.72 Å². The first kappa shape index (κ1) is 21.1. The predicted octanol–water partition coefficient (Wildman–Crippen LogP) is 2.48. The molecule has 162 valence electrons. The zero-order valence-electron chi connectivity index (χ0n) is 17.5. The van der Waals surface area contributed by atoms with Gasteiger partial charge < -0.3 is 14.7 Å². The number of aliphatic carboxylic acids is 1. The Balaban J connectivity index is 1.50. The predicted molar refractivity (Wildman–Crippen MR) is 113 cm³/mol. The Labute approximate surface area is 181 Å². The fourth-order valence-electron chi connectivity index (χ4n) is 4.38. The van der Waals surface area contributed by atoms with Crippen LogP contribution in [0.4, 0.5) is 0 Å². The average molecular weight is 422 g/mol. The van der Waals surface area contributed by atoms with Crippen molar-refractivity contribution in [3.05, 3.63) is 71.3 Å². The van der Waals surface area contributed by atoms with E-state index >= 15 is 0 Å². The van der Waals surface area contributed by atoms with Crippen molar-refractivity contribution in [1.82, 2.24) is 9.80 Å². The molecule has 2 fully saturated rings. The number of piperidine rings is 1. The number of amides is 2. The van der Waals surface area contributed by atoms with Crippen LogP contribution in [0.5, 0.6) is 0 Å². The second-order valence-electron chi connectivity index (χ2n) is 8.20. The van der Waals surface area contributed by atoms with Crippen molar-refractivity contribution in [2.45, 2.75) is 38.0 Å². The number of hydrogen-bond acceptors (Lipinski definition) is 4. The molecule has 2 heterocycles. The second kappa shape index (κ2) is 8.51. The summed E-state index contributed by atoms with van der Waals surface area (Å²) in [6, 6.07) is 15.6. The number of ether oxygens (including phenoxy) is 1. The Morgan fingerprint density at radius 1 is 1.03 bits per heavy atom. The third kappa shape index (κ3) is 4.18. The molecule has 7 heteroatoms. The number of carbonyl (C=O) groups excluding carboxylic acids is 2. The van der Waals surface area contributed by atoms with Crippen LogP contribution < -0.4 is 0 Å². The molecule has 1 atom stereocenters. The van der Waals surface area contributed by atoms with E-state index < -0.39 is 17.7 Å². The molecule has 0 aliphatic carbocycles. The Morgan fingerprint density at radius 2 is 1.68 bits per heavy atom. The highest BCUT2D eigenvalue weighted by Crippen LogP contribution is 2.38. The Hall–Kier alpha value is -3.19. The molecule has 2 saturated heterocycles. The molecule has 2 aliphatic heterocycles. The first-order valence-corrected chi connectivity index (χ1v) is 10.5. The van der Waals surface area contributed by atoms with E-state index in [0.29, 0.717) is 37.9 Å². The number of rotatable bonds is 4. The summed E-state index contributed by atoms with van der Waals surface area (Å²) in [5.74, 6) is -1.42. The molecule has 2 aromatic rings. The molecule has 0 bridgehead atoms. The van der Waals surface area contributed by atoms with Crippen molar-refractivity contribution < 1.29 is 24.2 Å². The van der Waals surface area contributed by atoms with Gasteiger partial charge in [0.05, 0.1) is 13.0 Å². The molecule has 0 saturated carbocycles. The van der Waals surface area contributed by atoms with Crippen LogP contribution in [0.3, 0.4) is 0 Å². The van der Waals surface area contributed by atoms with Crippen molar-refractivity contribution in [3.8, 4) is 0 Å². The minimum Gasteiger partial charge on any atom is -0.480 e. The van der Waals surface area contributed by atoms with Gasteiger partial charge in [0, 0.05) is 31.5 Å². The van der Waals surface area contributed by atoms with Gasteiger partial charge in [-0.25, -0.2) is 4.79 Å². The average Bonchev–Trinajstić information content (AvgIpc) is 3.14. The third-order valence-corrected chi connectivity index (χ3v) is 6.16. The minimum absolute atomic E-state index is 0.0187. The highest BCUT2D eigenvalue weighted by Gasteiger charge is 2.54. The lowest BCUT2D eigenvalue weighted by molar-refractivity contribution is -0.147. The number of carbonyl (C=O) groups is 3. The minimum atomic E-state index is -1.08. The maximum Gasteiger partial charge on any atom is 0.328 e. The van der Waals surface area contributed by atoms with Gasteiger partial charge in [0.2, 0.25) is 5.91 Å².